The van der Waals surface area contributed by atoms with Crippen LogP contribution in [0.3, 0.4) is 0 Å². The lowest BCUT2D eigenvalue weighted by atomic mass is 9.91. The van der Waals surface area contributed by atoms with Crippen molar-refractivity contribution in [2.75, 3.05) is 52.2 Å². The Labute approximate surface area is 817 Å². The first-order valence-corrected chi connectivity index (χ1v) is 50.1. The fourth-order valence-corrected chi connectivity index (χ4v) is 19.6. The SMILES string of the molecule is CCOC(=O)c1ccc(NC(=O)CC(CCS(=O)(=O)c2ccc(C)cc2)c2ccc3ccccc3c2)cc1.COC(=O)c1ccc(NC(=O)/C=C/c2ccc(Cl)cc2)cc1C.Cc1ccc(S(=O)(=O)CCC(CC(=O)Nc2ccc(C(=O)O)cc2)c2ccc3ccccc3c2)cc1.O=C(CC(CCS(=O)(=O)c1ccc(Oc2ccccc2)cc1)c1ccc2ccccc2c1)Nc1ccc(C(=O)O)c(O)c1. The zero-order chi connectivity index (χ0) is 100. The Bertz CT molecular complexity index is 7360. The second-order valence-corrected chi connectivity index (χ2v) is 39.9. The summed E-state index contributed by atoms with van der Waals surface area (Å²) in [6.07, 6.45) is 4.06. The van der Waals surface area contributed by atoms with Crippen molar-refractivity contribution < 1.29 is 93.1 Å². The molecule has 24 nitrogen and oxygen atoms in total. The lowest BCUT2D eigenvalue weighted by Gasteiger charge is -2.18. The average Bonchev–Trinajstić information content (AvgIpc) is 0.817. The van der Waals surface area contributed by atoms with Gasteiger partial charge in [0, 0.05) is 59.2 Å². The van der Waals surface area contributed by atoms with Gasteiger partial charge in [-0.2, -0.15) is 0 Å². The molecular weight excluding hydrogens is 1850 g/mol. The number of aromatic carboxylic acids is 2. The number of para-hydroxylation sites is 1. The topological polar surface area (TPSA) is 375 Å². The molecule has 0 aromatic heterocycles. The third-order valence-electron chi connectivity index (χ3n) is 23.0. The van der Waals surface area contributed by atoms with Gasteiger partial charge < -0.3 is 50.8 Å². The summed E-state index contributed by atoms with van der Waals surface area (Å²) in [5.74, 6) is -5.06. The first-order chi connectivity index (χ1) is 67.1. The van der Waals surface area contributed by atoms with Crippen molar-refractivity contribution in [3.63, 3.8) is 0 Å². The van der Waals surface area contributed by atoms with E-state index in [2.05, 4.69) is 26.0 Å². The zero-order valence-electron chi connectivity index (χ0n) is 77.2. The summed E-state index contributed by atoms with van der Waals surface area (Å²) in [6, 6.07) is 98.7. The number of rotatable bonds is 34. The van der Waals surface area contributed by atoms with E-state index >= 15 is 0 Å². The van der Waals surface area contributed by atoms with Crippen LogP contribution in [0.5, 0.6) is 17.2 Å². The number of halogens is 1. The molecule has 0 saturated heterocycles. The third-order valence-corrected chi connectivity index (χ3v) is 28.5. The predicted octanol–water partition coefficient (Wildman–Crippen LogP) is 23.2. The molecule has 0 spiro atoms. The van der Waals surface area contributed by atoms with Crippen LogP contribution < -0.4 is 26.0 Å². The molecule has 0 fully saturated rings. The van der Waals surface area contributed by atoms with Crippen molar-refractivity contribution >= 4 is 150 Å². The zero-order valence-corrected chi connectivity index (χ0v) is 80.4. The number of fused-ring (bicyclic) bond motifs is 3. The Morgan fingerprint density at radius 3 is 1.14 bits per heavy atom. The van der Waals surface area contributed by atoms with Gasteiger partial charge in [-0.05, 0) is 283 Å². The van der Waals surface area contributed by atoms with Gasteiger partial charge in [0.15, 0.2) is 29.5 Å². The molecule has 15 aromatic carbocycles. The number of aryl methyl sites for hydroxylation is 3. The number of ether oxygens (including phenoxy) is 3. The van der Waals surface area contributed by atoms with Gasteiger partial charge in [-0.3, -0.25) is 19.2 Å². The summed E-state index contributed by atoms with van der Waals surface area (Å²) >= 11 is 5.81. The maximum Gasteiger partial charge on any atom is 0.339 e. The Kier molecular flexibility index (Phi) is 36.0. The van der Waals surface area contributed by atoms with E-state index in [0.717, 1.165) is 71.3 Å². The fraction of sp³-hybridized carbons (Fsp3) is 0.161. The minimum Gasteiger partial charge on any atom is -0.507 e. The Hall–Kier alpha value is -15.7. The molecule has 0 aliphatic rings. The van der Waals surface area contributed by atoms with Crippen molar-refractivity contribution in [2.45, 2.75) is 98.7 Å². The van der Waals surface area contributed by atoms with Crippen LogP contribution in [0.1, 0.15) is 144 Å². The molecule has 4 amide bonds. The lowest BCUT2D eigenvalue weighted by molar-refractivity contribution is -0.117. The number of hydrogen-bond donors (Lipinski definition) is 7. The number of esters is 2. The first kappa shape index (κ1) is 103. The number of methoxy groups -OCH3 is 1. The maximum absolute atomic E-state index is 13.3. The summed E-state index contributed by atoms with van der Waals surface area (Å²) in [6.45, 7) is 7.62. The predicted molar refractivity (Wildman–Crippen MR) is 548 cm³/mol. The number of carboxylic acids is 2. The highest BCUT2D eigenvalue weighted by atomic mass is 35.5. The molecule has 15 rings (SSSR count). The molecular formula is C112H103ClN4O20S3. The summed E-state index contributed by atoms with van der Waals surface area (Å²) in [5, 5.41) is 46.1. The first-order valence-electron chi connectivity index (χ1n) is 44.7. The van der Waals surface area contributed by atoms with Gasteiger partial charge in [0.1, 0.15) is 22.8 Å². The van der Waals surface area contributed by atoms with Gasteiger partial charge in [-0.1, -0.05) is 205 Å². The van der Waals surface area contributed by atoms with Crippen molar-refractivity contribution in [1.82, 2.24) is 0 Å². The van der Waals surface area contributed by atoms with Crippen LogP contribution >= 0.6 is 11.6 Å². The number of carbonyl (C=O) groups is 8. The van der Waals surface area contributed by atoms with E-state index < -0.39 is 71.0 Å². The molecule has 140 heavy (non-hydrogen) atoms. The highest BCUT2D eigenvalue weighted by molar-refractivity contribution is 7.92. The smallest absolute Gasteiger partial charge is 0.339 e. The van der Waals surface area contributed by atoms with Gasteiger partial charge in [-0.25, -0.2) is 44.4 Å². The molecule has 0 aliphatic heterocycles. The van der Waals surface area contributed by atoms with Crippen molar-refractivity contribution in [2.24, 2.45) is 0 Å². The number of carbonyl (C=O) groups excluding carboxylic acids is 6. The number of aromatic hydroxyl groups is 1. The van der Waals surface area contributed by atoms with E-state index in [4.69, 9.17) is 31.3 Å². The fourth-order valence-electron chi connectivity index (χ4n) is 15.3. The van der Waals surface area contributed by atoms with Crippen LogP contribution in [0, 0.1) is 20.8 Å². The van der Waals surface area contributed by atoms with Crippen LogP contribution in [0.15, 0.2) is 360 Å². The van der Waals surface area contributed by atoms with Crippen LogP contribution in [0.4, 0.5) is 22.7 Å². The minimum absolute atomic E-state index is 0.0286. The highest BCUT2D eigenvalue weighted by Gasteiger charge is 2.28. The second kappa shape index (κ2) is 48.9. The molecule has 0 radical (unpaired) electrons. The monoisotopic (exact) mass is 1950 g/mol. The van der Waals surface area contributed by atoms with Crippen molar-refractivity contribution in [3.8, 4) is 17.2 Å². The van der Waals surface area contributed by atoms with E-state index in [-0.39, 0.29) is 117 Å². The molecule has 15 aromatic rings. The minimum atomic E-state index is -3.68. The van der Waals surface area contributed by atoms with Crippen molar-refractivity contribution in [1.29, 1.82) is 0 Å². The molecule has 0 aliphatic carbocycles. The second-order valence-electron chi connectivity index (χ2n) is 33.1. The number of amides is 4. The number of benzene rings is 15. The number of nitrogens with one attached hydrogen (secondary N) is 4. The molecule has 3 atom stereocenters. The maximum atomic E-state index is 13.3. The van der Waals surface area contributed by atoms with Crippen LogP contribution in [-0.2, 0) is 58.2 Å². The van der Waals surface area contributed by atoms with Gasteiger partial charge in [-0.15, -0.1) is 0 Å². The molecule has 7 N–H and O–H groups in total. The Morgan fingerprint density at radius 2 is 0.743 bits per heavy atom. The van der Waals surface area contributed by atoms with E-state index in [9.17, 15) is 68.7 Å². The van der Waals surface area contributed by atoms with Crippen molar-refractivity contribution in [3.05, 3.63) is 412 Å². The third kappa shape index (κ3) is 30.2. The van der Waals surface area contributed by atoms with E-state index in [1.165, 1.54) is 67.8 Å². The number of sulfone groups is 3. The number of anilines is 4. The van der Waals surface area contributed by atoms with Gasteiger partial charge in [0.2, 0.25) is 23.6 Å². The average molecular weight is 1960 g/mol. The normalized spacial score (nSPS) is 11.9. The Morgan fingerprint density at radius 1 is 0.371 bits per heavy atom. The summed E-state index contributed by atoms with van der Waals surface area (Å²) in [7, 11) is -9.38. The number of phenols is 1. The highest BCUT2D eigenvalue weighted by Crippen LogP contribution is 2.36. The van der Waals surface area contributed by atoms with Gasteiger partial charge in [0.25, 0.3) is 0 Å². The quantitative estimate of drug-likeness (QED) is 0.0145. The van der Waals surface area contributed by atoms with Gasteiger partial charge in [0.05, 0.1) is 62.4 Å². The Balaban J connectivity index is 0.000000170. The molecule has 0 heterocycles. The standard InChI is InChI=1S/C34H29NO7S.C31H31NO5S.C29H27NO5S.C18H16ClNO3/c36-32-22-27(12-17-31(32)34(38)39)35-33(37)21-26(25-11-10-23-6-4-5-7-24(23)20-25)18-19-43(40,41)30-15-13-29(14-16-30)42-28-8-2-1-3-9-28;1-3-37-31(34)24-12-14-28(15-13-24)32-30(33)21-27(26-11-10-23-6-4-5-7-25(23)20-26)18-19-38(35,36)29-16-8-22(2)9-17-29;1-20-6-14-27(15-7-20)36(34,35)17-16-25(24-9-8-21-4-2-3-5-23(21)18-24)19-28(31)30-26-12-10-22(11-13-26)29(32)33;1-12-11-15(8-9-16(12)18(22)23-2)20-17(21)10-5-13-3-6-14(19)7-4-13/h1-17,20,22,26,36H,18-19,21H2,(H,35,37)(H,38,39);4-17,20,27H,3,18-19,21H2,1-2H3,(H,32,33);2-15,18,25H,16-17,19H2,1H3,(H,30,31)(H,32,33);3-11H,1-2H3,(H,20,21)/b;;;10-5+. The van der Waals surface area contributed by atoms with Gasteiger partial charge >= 0.3 is 23.9 Å². The van der Waals surface area contributed by atoms with Crippen LogP contribution in [-0.4, -0.2) is 119 Å². The van der Waals surface area contributed by atoms with Crippen LogP contribution in [0.2, 0.25) is 5.02 Å². The number of carboxylic acid groups (broad SMARTS) is 2. The molecule has 28 heteroatoms. The van der Waals surface area contributed by atoms with Crippen LogP contribution in [0.25, 0.3) is 38.4 Å². The van der Waals surface area contributed by atoms with E-state index in [0.29, 0.717) is 51.1 Å². The number of hydrogen-bond acceptors (Lipinski definition) is 18. The molecule has 716 valence electrons. The molecule has 3 unspecified atom stereocenters. The lowest BCUT2D eigenvalue weighted by Crippen LogP contribution is -2.18. The summed E-state index contributed by atoms with van der Waals surface area (Å²) in [5.41, 5.74) is 8.81. The molecule has 0 bridgehead atoms. The summed E-state index contributed by atoms with van der Waals surface area (Å²) < 4.78 is 94.3. The van der Waals surface area contributed by atoms with E-state index in [1.807, 2.05) is 184 Å². The molecule has 0 saturated carbocycles. The van der Waals surface area contributed by atoms with E-state index in [1.54, 1.807) is 135 Å². The summed E-state index contributed by atoms with van der Waals surface area (Å²) in [4.78, 5) is 97.4. The largest absolute Gasteiger partial charge is 0.507 e.